The van der Waals surface area contributed by atoms with Crippen molar-refractivity contribution >= 4 is 43.9 Å². The van der Waals surface area contributed by atoms with Gasteiger partial charge in [0, 0.05) is 42.5 Å². The number of sulfonamides is 1. The lowest BCUT2D eigenvalue weighted by Crippen LogP contribution is -2.45. The number of allylic oxidation sites excluding steroid dienone is 1. The molecule has 1 fully saturated rings. The average Bonchev–Trinajstić information content (AvgIpc) is 3.57. The summed E-state index contributed by atoms with van der Waals surface area (Å²) in [5.41, 5.74) is 1.46. The summed E-state index contributed by atoms with van der Waals surface area (Å²) in [7, 11) is 0.385. The molecule has 0 amide bonds. The molecule has 4 rings (SSSR count). The average molecular weight is 617 g/mol. The lowest BCUT2D eigenvalue weighted by Gasteiger charge is -2.32. The Bertz CT molecular complexity index is 1440. The second-order valence-corrected chi connectivity index (χ2v) is 15.6. The van der Waals surface area contributed by atoms with Crippen LogP contribution in [0.1, 0.15) is 45.3 Å². The molecular weight excluding hydrogens is 577 g/mol. The molecular formula is C29H40N6O3S3. The molecule has 1 aliphatic rings. The minimum Gasteiger partial charge on any atom is -0.444 e. The Morgan fingerprint density at radius 1 is 1.24 bits per heavy atom. The largest absolute Gasteiger partial charge is 0.444 e. The van der Waals surface area contributed by atoms with E-state index in [-0.39, 0.29) is 16.4 Å². The smallest absolute Gasteiger partial charge is 0.243 e. The molecule has 1 aliphatic heterocycles. The van der Waals surface area contributed by atoms with Gasteiger partial charge >= 0.3 is 0 Å². The Kier molecular flexibility index (Phi) is 10.3. The molecule has 2 aromatic heterocycles. The third-order valence-corrected chi connectivity index (χ3v) is 10.4. The maximum atomic E-state index is 13.4. The number of nitrogens with zero attached hydrogens (tertiary/aromatic N) is 4. The minimum atomic E-state index is -3.61. The van der Waals surface area contributed by atoms with E-state index in [1.165, 1.54) is 0 Å². The summed E-state index contributed by atoms with van der Waals surface area (Å²) in [6, 6.07) is 6.83. The number of thioether (sulfide) groups is 1. The van der Waals surface area contributed by atoms with Crippen LogP contribution in [0.2, 0.25) is 0 Å². The number of rotatable bonds is 12. The van der Waals surface area contributed by atoms with Crippen LogP contribution < -0.4 is 10.6 Å². The third kappa shape index (κ3) is 8.92. The van der Waals surface area contributed by atoms with Gasteiger partial charge in [-0.25, -0.2) is 18.4 Å². The van der Waals surface area contributed by atoms with Gasteiger partial charge < -0.3 is 20.0 Å². The highest BCUT2D eigenvalue weighted by Gasteiger charge is 2.30. The first kappa shape index (κ1) is 31.3. The van der Waals surface area contributed by atoms with Crippen molar-refractivity contribution in [3.63, 3.8) is 0 Å². The van der Waals surface area contributed by atoms with Gasteiger partial charge in [0.2, 0.25) is 15.9 Å². The lowest BCUT2D eigenvalue weighted by molar-refractivity contribution is 0.327. The molecule has 0 aliphatic carbocycles. The first-order chi connectivity index (χ1) is 19.4. The summed E-state index contributed by atoms with van der Waals surface area (Å²) < 4.78 is 35.4. The molecule has 12 heteroatoms. The van der Waals surface area contributed by atoms with Crippen molar-refractivity contribution in [2.24, 2.45) is 0 Å². The second kappa shape index (κ2) is 13.6. The molecule has 1 atom stereocenters. The van der Waals surface area contributed by atoms with Gasteiger partial charge in [-0.2, -0.15) is 4.31 Å². The molecule has 0 spiro atoms. The van der Waals surface area contributed by atoms with Gasteiger partial charge in [-0.05, 0) is 57.3 Å². The standard InChI is InChI=1S/C29H40N6O3S3/c1-21(9-7-15-34(5)6)32-22-11-13-24(14-12-22)41(36,37)35-16-8-10-23(19-35)33-28-31-18-27(40-28)39-20-26-30-17-25(38-26)29(2,3)4/h7,9,11-14,17-18,23,32H,1,8,10,15-16,19-20H2,2-6H3,(H,31,33)/b9-7+/t23-/m1/s1. The summed E-state index contributed by atoms with van der Waals surface area (Å²) >= 11 is 3.19. The van der Waals surface area contributed by atoms with Gasteiger partial charge in [0.25, 0.3) is 0 Å². The summed E-state index contributed by atoms with van der Waals surface area (Å²) in [6.45, 7) is 12.0. The molecule has 222 valence electrons. The highest BCUT2D eigenvalue weighted by molar-refractivity contribution is 8.00. The van der Waals surface area contributed by atoms with Crippen LogP contribution in [0, 0.1) is 0 Å². The fraction of sp³-hybridized carbons (Fsp3) is 0.448. The molecule has 0 unspecified atom stereocenters. The van der Waals surface area contributed by atoms with Gasteiger partial charge in [0.05, 0.1) is 27.3 Å². The number of hydrogen-bond acceptors (Lipinski definition) is 10. The summed E-state index contributed by atoms with van der Waals surface area (Å²) in [5.74, 6) is 2.20. The number of hydrogen-bond donors (Lipinski definition) is 2. The number of aromatic nitrogens is 2. The molecule has 0 radical (unpaired) electrons. The maximum absolute atomic E-state index is 13.4. The molecule has 2 N–H and O–H groups in total. The monoisotopic (exact) mass is 616 g/mol. The van der Waals surface area contributed by atoms with E-state index in [4.69, 9.17) is 4.42 Å². The molecule has 1 saturated heterocycles. The Morgan fingerprint density at radius 3 is 2.68 bits per heavy atom. The molecule has 0 saturated carbocycles. The van der Waals surface area contributed by atoms with Crippen LogP contribution in [0.3, 0.4) is 0 Å². The SMILES string of the molecule is C=C(/C=C/CN(C)C)Nc1ccc(S(=O)(=O)N2CCC[C@@H](Nc3ncc(SCc4ncc(C(C)(C)C)o4)s3)C2)cc1. The topological polar surface area (TPSA) is 104 Å². The number of anilines is 2. The van der Waals surface area contributed by atoms with Crippen molar-refractivity contribution in [2.75, 3.05) is 44.4 Å². The van der Waals surface area contributed by atoms with Crippen LogP contribution in [0.4, 0.5) is 10.8 Å². The zero-order valence-electron chi connectivity index (χ0n) is 24.4. The van der Waals surface area contributed by atoms with E-state index >= 15 is 0 Å². The van der Waals surface area contributed by atoms with Gasteiger partial charge in [0.15, 0.2) is 5.13 Å². The van der Waals surface area contributed by atoms with Gasteiger partial charge in [-0.3, -0.25) is 0 Å². The summed E-state index contributed by atoms with van der Waals surface area (Å²) in [6.07, 6.45) is 9.22. The van der Waals surface area contributed by atoms with E-state index < -0.39 is 10.0 Å². The van der Waals surface area contributed by atoms with Crippen LogP contribution in [-0.4, -0.2) is 67.4 Å². The fourth-order valence-electron chi connectivity index (χ4n) is 4.19. The second-order valence-electron chi connectivity index (χ2n) is 11.3. The van der Waals surface area contributed by atoms with Crippen LogP contribution in [0.15, 0.2) is 74.6 Å². The van der Waals surface area contributed by atoms with Crippen molar-refractivity contribution in [3.05, 3.63) is 72.7 Å². The number of oxazole rings is 1. The van der Waals surface area contributed by atoms with Crippen molar-refractivity contribution in [3.8, 4) is 0 Å². The Hall–Kier alpha value is -2.64. The molecule has 1 aromatic carbocycles. The predicted molar refractivity (Wildman–Crippen MR) is 169 cm³/mol. The van der Waals surface area contributed by atoms with E-state index in [0.29, 0.717) is 24.7 Å². The van der Waals surface area contributed by atoms with Crippen molar-refractivity contribution in [1.82, 2.24) is 19.2 Å². The van der Waals surface area contributed by atoms with Crippen LogP contribution >= 0.6 is 23.1 Å². The Balaban J connectivity index is 1.30. The van der Waals surface area contributed by atoms with Crippen molar-refractivity contribution in [1.29, 1.82) is 0 Å². The zero-order valence-corrected chi connectivity index (χ0v) is 26.8. The van der Waals surface area contributed by atoms with Gasteiger partial charge in [-0.15, -0.1) is 11.8 Å². The molecule has 0 bridgehead atoms. The summed E-state index contributed by atoms with van der Waals surface area (Å²) in [5, 5.41) is 7.44. The van der Waals surface area contributed by atoms with Crippen LogP contribution in [0.25, 0.3) is 0 Å². The van der Waals surface area contributed by atoms with E-state index in [1.54, 1.807) is 57.9 Å². The van der Waals surface area contributed by atoms with Crippen LogP contribution in [0.5, 0.6) is 0 Å². The number of piperidine rings is 1. The lowest BCUT2D eigenvalue weighted by atomic mass is 9.94. The van der Waals surface area contributed by atoms with E-state index in [9.17, 15) is 8.42 Å². The maximum Gasteiger partial charge on any atom is 0.243 e. The molecule has 41 heavy (non-hydrogen) atoms. The van der Waals surface area contributed by atoms with Crippen LogP contribution in [-0.2, 0) is 21.2 Å². The first-order valence-electron chi connectivity index (χ1n) is 13.6. The number of benzene rings is 1. The number of thiazole rings is 1. The summed E-state index contributed by atoms with van der Waals surface area (Å²) in [4.78, 5) is 11.3. The quantitative estimate of drug-likeness (QED) is 0.186. The van der Waals surface area contributed by atoms with E-state index in [2.05, 4.69) is 52.9 Å². The first-order valence-corrected chi connectivity index (χ1v) is 16.8. The zero-order chi connectivity index (χ0) is 29.6. The number of nitrogens with one attached hydrogen (secondary N) is 2. The molecule has 9 nitrogen and oxygen atoms in total. The van der Waals surface area contributed by atoms with E-state index in [0.717, 1.165) is 45.9 Å². The highest BCUT2D eigenvalue weighted by atomic mass is 32.2. The third-order valence-electron chi connectivity index (χ3n) is 6.41. The van der Waals surface area contributed by atoms with Gasteiger partial charge in [0.1, 0.15) is 5.76 Å². The van der Waals surface area contributed by atoms with E-state index in [1.807, 2.05) is 32.4 Å². The number of likely N-dealkylation sites (N-methyl/N-ethyl adjacent to an activating group) is 1. The van der Waals surface area contributed by atoms with Crippen molar-refractivity contribution in [2.45, 2.75) is 59.9 Å². The highest BCUT2D eigenvalue weighted by Crippen LogP contribution is 2.33. The minimum absolute atomic E-state index is 0.0122. The Morgan fingerprint density at radius 2 is 2.00 bits per heavy atom. The molecule has 3 heterocycles. The van der Waals surface area contributed by atoms with Crippen molar-refractivity contribution < 1.29 is 12.8 Å². The molecule has 3 aromatic rings. The fourth-order valence-corrected chi connectivity index (χ4v) is 7.52. The normalized spacial score (nSPS) is 16.9. The van der Waals surface area contributed by atoms with Gasteiger partial charge in [-0.1, -0.05) is 44.8 Å². The Labute approximate surface area is 252 Å². The predicted octanol–water partition coefficient (Wildman–Crippen LogP) is 6.03.